The summed E-state index contributed by atoms with van der Waals surface area (Å²) >= 11 is 1.59. The van der Waals surface area contributed by atoms with Crippen molar-refractivity contribution in [3.05, 3.63) is 36.7 Å². The fraction of sp³-hybridized carbons (Fsp3) is 0.412. The van der Waals surface area contributed by atoms with Gasteiger partial charge in [0.25, 0.3) is 0 Å². The van der Waals surface area contributed by atoms with Crippen LogP contribution in [0, 0.1) is 5.41 Å². The smallest absolute Gasteiger partial charge is 0.231 e. The van der Waals surface area contributed by atoms with Crippen LogP contribution in [-0.2, 0) is 11.8 Å². The minimum absolute atomic E-state index is 0.00509. The van der Waals surface area contributed by atoms with Crippen molar-refractivity contribution in [2.45, 2.75) is 36.7 Å². The number of nitrogens with one attached hydrogen (secondary N) is 1. The Morgan fingerprint density at radius 1 is 1.30 bits per heavy atom. The van der Waals surface area contributed by atoms with E-state index < -0.39 is 5.41 Å². The molecule has 2 rings (SSSR count). The summed E-state index contributed by atoms with van der Waals surface area (Å²) in [6.45, 7) is 4.37. The van der Waals surface area contributed by atoms with Crippen molar-refractivity contribution in [1.29, 1.82) is 0 Å². The van der Waals surface area contributed by atoms with Gasteiger partial charge in [0.15, 0.2) is 5.16 Å². The van der Waals surface area contributed by atoms with Gasteiger partial charge in [-0.1, -0.05) is 25.6 Å². The molecule has 0 fully saturated rings. The van der Waals surface area contributed by atoms with E-state index in [9.17, 15) is 4.79 Å². The van der Waals surface area contributed by atoms with Crippen LogP contribution in [0.1, 0.15) is 26.7 Å². The number of amides is 1. The van der Waals surface area contributed by atoms with Crippen molar-refractivity contribution in [2.75, 3.05) is 11.9 Å². The summed E-state index contributed by atoms with van der Waals surface area (Å²) in [7, 11) is 1.96. The maximum absolute atomic E-state index is 12.5. The number of hydrogen-bond acceptors (Lipinski definition) is 4. The number of carbonyl (C=O) groups excluding carboxylic acids is 1. The molecule has 1 aromatic carbocycles. The highest BCUT2D eigenvalue weighted by Gasteiger charge is 2.33. The topological polar surface area (TPSA) is 72.9 Å². The largest absolute Gasteiger partial charge is 0.329 e. The van der Waals surface area contributed by atoms with E-state index in [2.05, 4.69) is 10.3 Å². The van der Waals surface area contributed by atoms with Crippen LogP contribution in [-0.4, -0.2) is 22.0 Å². The van der Waals surface area contributed by atoms with E-state index in [1.54, 1.807) is 18.0 Å². The quantitative estimate of drug-likeness (QED) is 0.816. The van der Waals surface area contributed by atoms with Gasteiger partial charge in [-0.15, -0.1) is 0 Å². The molecule has 0 spiro atoms. The van der Waals surface area contributed by atoms with Crippen molar-refractivity contribution in [2.24, 2.45) is 18.2 Å². The maximum Gasteiger partial charge on any atom is 0.231 e. The standard InChI is InChI=1S/C17H24N4OS/c1-4-17(5-2,12-18)15(22)20-13-6-8-14(9-7-13)23-16-19-10-11-21(16)3/h6-11H,4-5,12,18H2,1-3H3,(H,20,22). The lowest BCUT2D eigenvalue weighted by atomic mass is 9.81. The molecule has 0 aliphatic heterocycles. The van der Waals surface area contributed by atoms with Crippen LogP contribution in [0.25, 0.3) is 0 Å². The first-order valence-electron chi connectivity index (χ1n) is 7.81. The molecule has 5 nitrogen and oxygen atoms in total. The van der Waals surface area contributed by atoms with Crippen LogP contribution in [0.3, 0.4) is 0 Å². The van der Waals surface area contributed by atoms with Crippen LogP contribution in [0.2, 0.25) is 0 Å². The van der Waals surface area contributed by atoms with Crippen LogP contribution in [0.15, 0.2) is 46.7 Å². The van der Waals surface area contributed by atoms with E-state index in [4.69, 9.17) is 5.73 Å². The summed E-state index contributed by atoms with van der Waals surface area (Å²) in [5, 5.41) is 3.92. The van der Waals surface area contributed by atoms with E-state index >= 15 is 0 Å². The number of hydrogen-bond donors (Lipinski definition) is 2. The van der Waals surface area contributed by atoms with Crippen LogP contribution in [0.5, 0.6) is 0 Å². The lowest BCUT2D eigenvalue weighted by molar-refractivity contribution is -0.125. The monoisotopic (exact) mass is 332 g/mol. The van der Waals surface area contributed by atoms with Gasteiger partial charge < -0.3 is 15.6 Å². The average Bonchev–Trinajstić information content (AvgIpc) is 2.96. The first-order chi connectivity index (χ1) is 11.0. The Morgan fingerprint density at radius 3 is 2.43 bits per heavy atom. The first-order valence-corrected chi connectivity index (χ1v) is 8.63. The zero-order chi connectivity index (χ0) is 16.9. The summed E-state index contributed by atoms with van der Waals surface area (Å²) < 4.78 is 1.97. The highest BCUT2D eigenvalue weighted by molar-refractivity contribution is 7.99. The van der Waals surface area contributed by atoms with E-state index in [1.165, 1.54) is 0 Å². The van der Waals surface area contributed by atoms with E-state index in [-0.39, 0.29) is 5.91 Å². The molecule has 0 saturated heterocycles. The van der Waals surface area contributed by atoms with Gasteiger partial charge in [0.1, 0.15) is 0 Å². The summed E-state index contributed by atoms with van der Waals surface area (Å²) in [5.41, 5.74) is 6.13. The molecule has 0 saturated carbocycles. The zero-order valence-corrected chi connectivity index (χ0v) is 14.7. The highest BCUT2D eigenvalue weighted by Crippen LogP contribution is 2.29. The average molecular weight is 332 g/mol. The molecule has 6 heteroatoms. The second-order valence-electron chi connectivity index (χ2n) is 5.59. The van der Waals surface area contributed by atoms with Crippen LogP contribution >= 0.6 is 11.8 Å². The van der Waals surface area contributed by atoms with Gasteiger partial charge >= 0.3 is 0 Å². The number of aromatic nitrogens is 2. The van der Waals surface area contributed by atoms with Gasteiger partial charge in [0, 0.05) is 36.6 Å². The molecule has 0 bridgehead atoms. The molecule has 3 N–H and O–H groups in total. The Morgan fingerprint density at radius 2 is 1.96 bits per heavy atom. The molecule has 0 unspecified atom stereocenters. The molecule has 0 aliphatic rings. The fourth-order valence-corrected chi connectivity index (χ4v) is 3.18. The van der Waals surface area contributed by atoms with Gasteiger partial charge in [-0.3, -0.25) is 4.79 Å². The second kappa shape index (κ2) is 7.66. The van der Waals surface area contributed by atoms with Crippen molar-refractivity contribution < 1.29 is 4.79 Å². The van der Waals surface area contributed by atoms with Crippen molar-refractivity contribution >= 4 is 23.4 Å². The molecular weight excluding hydrogens is 308 g/mol. The molecule has 1 aromatic heterocycles. The van der Waals surface area contributed by atoms with Gasteiger partial charge in [-0.05, 0) is 37.1 Å². The Balaban J connectivity index is 2.05. The number of carbonyl (C=O) groups is 1. The number of aryl methyl sites for hydroxylation is 1. The first kappa shape index (κ1) is 17.6. The van der Waals surface area contributed by atoms with E-state index in [1.807, 2.05) is 55.9 Å². The number of imidazole rings is 1. The maximum atomic E-state index is 12.5. The Bertz CT molecular complexity index is 639. The molecule has 2 aromatic rings. The van der Waals surface area contributed by atoms with E-state index in [0.717, 1.165) is 28.6 Å². The summed E-state index contributed by atoms with van der Waals surface area (Å²) in [6.07, 6.45) is 5.16. The lowest BCUT2D eigenvalue weighted by Crippen LogP contribution is -2.41. The third-order valence-electron chi connectivity index (χ3n) is 4.32. The molecule has 124 valence electrons. The SMILES string of the molecule is CCC(CC)(CN)C(=O)Nc1ccc(Sc2nccn2C)cc1. The number of benzene rings is 1. The van der Waals surface area contributed by atoms with Gasteiger partial charge in [-0.25, -0.2) is 4.98 Å². The van der Waals surface area contributed by atoms with Gasteiger partial charge in [0.2, 0.25) is 5.91 Å². The number of anilines is 1. The van der Waals surface area contributed by atoms with Crippen molar-refractivity contribution in [3.63, 3.8) is 0 Å². The Labute approximate surface area is 141 Å². The summed E-state index contributed by atoms with van der Waals surface area (Å²) in [4.78, 5) is 17.9. The number of nitrogens with two attached hydrogens (primary N) is 1. The van der Waals surface area contributed by atoms with Gasteiger partial charge in [0.05, 0.1) is 5.41 Å². The third kappa shape index (κ3) is 3.95. The zero-order valence-electron chi connectivity index (χ0n) is 13.9. The van der Waals surface area contributed by atoms with Crippen molar-refractivity contribution in [1.82, 2.24) is 9.55 Å². The Hall–Kier alpha value is -1.79. The lowest BCUT2D eigenvalue weighted by Gasteiger charge is -2.28. The molecule has 23 heavy (non-hydrogen) atoms. The molecule has 0 radical (unpaired) electrons. The summed E-state index contributed by atoms with van der Waals surface area (Å²) in [5.74, 6) is -0.00509. The van der Waals surface area contributed by atoms with Gasteiger partial charge in [-0.2, -0.15) is 0 Å². The van der Waals surface area contributed by atoms with Crippen molar-refractivity contribution in [3.8, 4) is 0 Å². The van der Waals surface area contributed by atoms with Crippen LogP contribution < -0.4 is 11.1 Å². The summed E-state index contributed by atoms with van der Waals surface area (Å²) in [6, 6.07) is 7.79. The Kier molecular flexibility index (Phi) is 5.85. The molecule has 0 atom stereocenters. The molecule has 1 amide bonds. The molecule has 1 heterocycles. The highest BCUT2D eigenvalue weighted by atomic mass is 32.2. The normalized spacial score (nSPS) is 11.5. The predicted octanol–water partition coefficient (Wildman–Crippen LogP) is 3.27. The predicted molar refractivity (Wildman–Crippen MR) is 94.5 cm³/mol. The minimum Gasteiger partial charge on any atom is -0.329 e. The van der Waals surface area contributed by atoms with E-state index in [0.29, 0.717) is 6.54 Å². The second-order valence-corrected chi connectivity index (χ2v) is 6.63. The molecular formula is C17H24N4OS. The number of nitrogens with zero attached hydrogens (tertiary/aromatic N) is 2. The fourth-order valence-electron chi connectivity index (χ4n) is 2.38. The number of rotatable bonds is 7. The third-order valence-corrected chi connectivity index (χ3v) is 5.41. The van der Waals surface area contributed by atoms with Crippen LogP contribution in [0.4, 0.5) is 5.69 Å². The molecule has 0 aliphatic carbocycles. The minimum atomic E-state index is -0.486.